The lowest BCUT2D eigenvalue weighted by Crippen LogP contribution is -2.42. The van der Waals surface area contributed by atoms with E-state index in [0.717, 1.165) is 30.9 Å². The number of carbonyl (C=O) groups excluding carboxylic acids is 1. The molecule has 23 heavy (non-hydrogen) atoms. The number of hydrogen-bond acceptors (Lipinski definition) is 8. The second kappa shape index (κ2) is 6.97. The summed E-state index contributed by atoms with van der Waals surface area (Å²) in [5, 5.41) is 11.6. The molecule has 3 rings (SSSR count). The highest BCUT2D eigenvalue weighted by molar-refractivity contribution is 7.13. The summed E-state index contributed by atoms with van der Waals surface area (Å²) < 4.78 is 0. The quantitative estimate of drug-likeness (QED) is 0.860. The summed E-state index contributed by atoms with van der Waals surface area (Å²) in [4.78, 5) is 22.8. The Morgan fingerprint density at radius 1 is 1.52 bits per heavy atom. The third kappa shape index (κ3) is 3.80. The number of amides is 1. The van der Waals surface area contributed by atoms with Gasteiger partial charge < -0.3 is 16.0 Å². The van der Waals surface area contributed by atoms with Crippen LogP contribution in [0.25, 0.3) is 0 Å². The maximum Gasteiger partial charge on any atom is 0.236 e. The monoisotopic (exact) mass is 333 g/mol. The van der Waals surface area contributed by atoms with E-state index in [1.165, 1.54) is 11.3 Å². The van der Waals surface area contributed by atoms with Gasteiger partial charge in [0.25, 0.3) is 0 Å². The van der Waals surface area contributed by atoms with E-state index in [1.54, 1.807) is 10.4 Å². The SMILES string of the molecule is Cc1cc(Nc2nncs2)nc([C@H]2CCCN(C(=O)CN)C2)n1. The van der Waals surface area contributed by atoms with Gasteiger partial charge in [-0.3, -0.25) is 4.79 Å². The molecule has 0 spiro atoms. The third-order valence-corrected chi connectivity index (χ3v) is 4.39. The Bertz CT molecular complexity index is 676. The fourth-order valence-corrected chi connectivity index (χ4v) is 3.17. The summed E-state index contributed by atoms with van der Waals surface area (Å²) in [6.07, 6.45) is 1.91. The molecular formula is C14H19N7OS. The van der Waals surface area contributed by atoms with Crippen LogP contribution in [-0.4, -0.2) is 50.6 Å². The summed E-state index contributed by atoms with van der Waals surface area (Å²) >= 11 is 1.41. The van der Waals surface area contributed by atoms with Crippen molar-refractivity contribution in [3.8, 4) is 0 Å². The summed E-state index contributed by atoms with van der Waals surface area (Å²) in [6.45, 7) is 3.36. The van der Waals surface area contributed by atoms with Crippen LogP contribution < -0.4 is 11.1 Å². The molecule has 0 unspecified atom stereocenters. The van der Waals surface area contributed by atoms with Gasteiger partial charge in [0.15, 0.2) is 0 Å². The number of nitrogens with two attached hydrogens (primary N) is 1. The Kier molecular flexibility index (Phi) is 4.77. The zero-order valence-electron chi connectivity index (χ0n) is 12.9. The lowest BCUT2D eigenvalue weighted by molar-refractivity contribution is -0.130. The van der Waals surface area contributed by atoms with Crippen molar-refractivity contribution in [1.82, 2.24) is 25.1 Å². The van der Waals surface area contributed by atoms with Crippen LogP contribution in [-0.2, 0) is 4.79 Å². The average Bonchev–Trinajstić information content (AvgIpc) is 3.06. The summed E-state index contributed by atoms with van der Waals surface area (Å²) in [6, 6.07) is 1.87. The molecule has 2 aromatic heterocycles. The number of likely N-dealkylation sites (tertiary alicyclic amines) is 1. The van der Waals surface area contributed by atoms with Crippen LogP contribution in [0.3, 0.4) is 0 Å². The topological polar surface area (TPSA) is 110 Å². The maximum absolute atomic E-state index is 11.8. The maximum atomic E-state index is 11.8. The van der Waals surface area contributed by atoms with E-state index < -0.39 is 0 Å². The van der Waals surface area contributed by atoms with Gasteiger partial charge in [-0.25, -0.2) is 9.97 Å². The Balaban J connectivity index is 1.79. The molecule has 0 saturated carbocycles. The first-order chi connectivity index (χ1) is 11.2. The molecular weight excluding hydrogens is 314 g/mol. The van der Waals surface area contributed by atoms with E-state index in [2.05, 4.69) is 25.5 Å². The molecule has 0 bridgehead atoms. The number of anilines is 2. The number of carbonyl (C=O) groups is 1. The first kappa shape index (κ1) is 15.8. The van der Waals surface area contributed by atoms with Crippen molar-refractivity contribution < 1.29 is 4.79 Å². The highest BCUT2D eigenvalue weighted by Crippen LogP contribution is 2.26. The van der Waals surface area contributed by atoms with Gasteiger partial charge >= 0.3 is 0 Å². The predicted molar refractivity (Wildman–Crippen MR) is 87.6 cm³/mol. The van der Waals surface area contributed by atoms with Gasteiger partial charge in [0.2, 0.25) is 11.0 Å². The second-order valence-electron chi connectivity index (χ2n) is 5.50. The molecule has 3 heterocycles. The molecule has 1 aliphatic rings. The Hall–Kier alpha value is -2.13. The first-order valence-electron chi connectivity index (χ1n) is 7.52. The van der Waals surface area contributed by atoms with Gasteiger partial charge in [-0.2, -0.15) is 0 Å². The fourth-order valence-electron chi connectivity index (χ4n) is 2.72. The molecule has 8 nitrogen and oxygen atoms in total. The van der Waals surface area contributed by atoms with Crippen LogP contribution in [0.2, 0.25) is 0 Å². The van der Waals surface area contributed by atoms with Crippen LogP contribution in [0, 0.1) is 6.92 Å². The fraction of sp³-hybridized carbons (Fsp3) is 0.500. The highest BCUT2D eigenvalue weighted by atomic mass is 32.1. The molecule has 0 aromatic carbocycles. The van der Waals surface area contributed by atoms with Gasteiger partial charge in [0.05, 0.1) is 6.54 Å². The van der Waals surface area contributed by atoms with Crippen molar-refractivity contribution in [3.63, 3.8) is 0 Å². The Labute approximate surface area is 138 Å². The zero-order valence-corrected chi connectivity index (χ0v) is 13.7. The van der Waals surface area contributed by atoms with Crippen LogP contribution in [0.4, 0.5) is 10.9 Å². The molecule has 9 heteroatoms. The normalized spacial score (nSPS) is 18.0. The largest absolute Gasteiger partial charge is 0.341 e. The van der Waals surface area contributed by atoms with E-state index in [4.69, 9.17) is 5.73 Å². The minimum atomic E-state index is -0.0189. The van der Waals surface area contributed by atoms with Gasteiger partial charge in [-0.05, 0) is 19.8 Å². The molecule has 3 N–H and O–H groups in total. The van der Waals surface area contributed by atoms with Gasteiger partial charge in [-0.15, -0.1) is 10.2 Å². The molecule has 1 amide bonds. The van der Waals surface area contributed by atoms with Gasteiger partial charge in [0.1, 0.15) is 17.2 Å². The number of nitrogens with one attached hydrogen (secondary N) is 1. The highest BCUT2D eigenvalue weighted by Gasteiger charge is 2.26. The molecule has 1 aliphatic heterocycles. The summed E-state index contributed by atoms with van der Waals surface area (Å²) in [5.74, 6) is 1.57. The molecule has 2 aromatic rings. The number of nitrogens with zero attached hydrogens (tertiary/aromatic N) is 5. The molecule has 1 saturated heterocycles. The van der Waals surface area contributed by atoms with Crippen molar-refractivity contribution in [2.75, 3.05) is 25.0 Å². The van der Waals surface area contributed by atoms with Crippen molar-refractivity contribution in [1.29, 1.82) is 0 Å². The minimum absolute atomic E-state index is 0.0189. The van der Waals surface area contributed by atoms with E-state index >= 15 is 0 Å². The zero-order chi connectivity index (χ0) is 16.2. The summed E-state index contributed by atoms with van der Waals surface area (Å²) in [5.41, 5.74) is 8.01. The Morgan fingerprint density at radius 3 is 3.13 bits per heavy atom. The van der Waals surface area contributed by atoms with E-state index in [1.807, 2.05) is 13.0 Å². The van der Waals surface area contributed by atoms with Crippen LogP contribution in [0.1, 0.15) is 30.3 Å². The molecule has 0 aliphatic carbocycles. The number of aromatic nitrogens is 4. The van der Waals surface area contributed by atoms with Crippen molar-refractivity contribution in [2.24, 2.45) is 5.73 Å². The minimum Gasteiger partial charge on any atom is -0.341 e. The number of piperidine rings is 1. The molecule has 0 radical (unpaired) electrons. The average molecular weight is 333 g/mol. The Morgan fingerprint density at radius 2 is 2.39 bits per heavy atom. The van der Waals surface area contributed by atoms with Gasteiger partial charge in [0, 0.05) is 30.8 Å². The van der Waals surface area contributed by atoms with Gasteiger partial charge in [-0.1, -0.05) is 11.3 Å². The molecule has 1 fully saturated rings. The van der Waals surface area contributed by atoms with Crippen LogP contribution in [0.15, 0.2) is 11.6 Å². The lowest BCUT2D eigenvalue weighted by Gasteiger charge is -2.32. The first-order valence-corrected chi connectivity index (χ1v) is 8.40. The second-order valence-corrected chi connectivity index (χ2v) is 6.34. The summed E-state index contributed by atoms with van der Waals surface area (Å²) in [7, 11) is 0. The van der Waals surface area contributed by atoms with E-state index in [0.29, 0.717) is 17.5 Å². The van der Waals surface area contributed by atoms with Crippen LogP contribution >= 0.6 is 11.3 Å². The number of rotatable bonds is 4. The van der Waals surface area contributed by atoms with Crippen LogP contribution in [0.5, 0.6) is 0 Å². The van der Waals surface area contributed by atoms with E-state index in [9.17, 15) is 4.79 Å². The molecule has 1 atom stereocenters. The van der Waals surface area contributed by atoms with Crippen molar-refractivity contribution >= 4 is 28.2 Å². The smallest absolute Gasteiger partial charge is 0.236 e. The lowest BCUT2D eigenvalue weighted by atomic mass is 9.97. The number of hydrogen-bond donors (Lipinski definition) is 2. The third-order valence-electron chi connectivity index (χ3n) is 3.78. The van der Waals surface area contributed by atoms with Crippen molar-refractivity contribution in [3.05, 3.63) is 23.1 Å². The predicted octanol–water partition coefficient (Wildman–Crippen LogP) is 1.04. The molecule has 122 valence electrons. The van der Waals surface area contributed by atoms with E-state index in [-0.39, 0.29) is 18.4 Å². The number of aryl methyl sites for hydroxylation is 1. The standard InChI is InChI=1S/C14H19N7OS/c1-9-5-11(19-14-20-16-8-23-14)18-13(17-9)10-3-2-4-21(7-10)12(22)6-15/h5,8,10H,2-4,6-7,15H2,1H3,(H,17,18,19,20)/t10-/m0/s1. The van der Waals surface area contributed by atoms with Crippen molar-refractivity contribution in [2.45, 2.75) is 25.7 Å².